The van der Waals surface area contributed by atoms with Crippen LogP contribution in [-0.2, 0) is 12.8 Å². The van der Waals surface area contributed by atoms with Gasteiger partial charge in [-0.2, -0.15) is 5.26 Å². The molecule has 8 aromatic carbocycles. The van der Waals surface area contributed by atoms with Gasteiger partial charge in [-0.05, 0) is 126 Å². The van der Waals surface area contributed by atoms with Crippen LogP contribution in [0.2, 0.25) is 0 Å². The minimum Gasteiger partial charge on any atom is -0.456 e. The van der Waals surface area contributed by atoms with Gasteiger partial charge in [0.2, 0.25) is 0 Å². The van der Waals surface area contributed by atoms with Crippen molar-refractivity contribution in [1.29, 1.82) is 5.26 Å². The van der Waals surface area contributed by atoms with E-state index in [0.29, 0.717) is 5.56 Å². The number of hydrogen-bond donors (Lipinski definition) is 0. The number of pyridine rings is 1. The lowest BCUT2D eigenvalue weighted by Gasteiger charge is -2.08. The number of furan rings is 2. The molecular weight excluding hydrogens is 761 g/mol. The number of aromatic nitrogens is 3. The summed E-state index contributed by atoms with van der Waals surface area (Å²) in [7, 11) is 0. The number of hydrogen-bond acceptors (Lipinski definition) is 4. The van der Waals surface area contributed by atoms with Gasteiger partial charge in [0.05, 0.1) is 33.7 Å². The van der Waals surface area contributed by atoms with Crippen molar-refractivity contribution in [2.75, 3.05) is 0 Å². The Morgan fingerprint density at radius 1 is 0.435 bits per heavy atom. The normalized spacial score (nSPS) is 12.0. The summed E-state index contributed by atoms with van der Waals surface area (Å²) in [4.78, 5) is 4.85. The van der Waals surface area contributed by atoms with Crippen molar-refractivity contribution in [3.05, 3.63) is 199 Å². The van der Waals surface area contributed by atoms with Crippen LogP contribution in [0, 0.1) is 11.3 Å². The summed E-state index contributed by atoms with van der Waals surface area (Å²) in [6.07, 6.45) is 3.43. The van der Waals surface area contributed by atoms with Gasteiger partial charge in [-0.1, -0.05) is 84.9 Å². The summed E-state index contributed by atoms with van der Waals surface area (Å²) in [6.45, 7) is 0. The van der Waals surface area contributed by atoms with Crippen LogP contribution in [0.3, 0.4) is 0 Å². The fourth-order valence-electron chi connectivity index (χ4n) is 9.86. The van der Waals surface area contributed by atoms with E-state index < -0.39 is 0 Å². The van der Waals surface area contributed by atoms with E-state index in [0.717, 1.165) is 107 Å². The molecule has 0 radical (unpaired) electrons. The van der Waals surface area contributed by atoms with E-state index in [2.05, 4.69) is 161 Å². The Hall–Kier alpha value is -8.40. The van der Waals surface area contributed by atoms with Crippen molar-refractivity contribution < 1.29 is 8.83 Å². The molecule has 5 aromatic heterocycles. The Kier molecular flexibility index (Phi) is 7.39. The average molecular weight is 795 g/mol. The number of rotatable bonds is 6. The first-order chi connectivity index (χ1) is 30.7. The van der Waals surface area contributed by atoms with E-state index in [1.807, 2.05) is 36.5 Å². The highest BCUT2D eigenvalue weighted by Gasteiger charge is 2.19. The van der Waals surface area contributed by atoms with Crippen LogP contribution in [0.25, 0.3) is 110 Å². The van der Waals surface area contributed by atoms with E-state index in [9.17, 15) is 5.26 Å². The predicted molar refractivity (Wildman–Crippen MR) is 251 cm³/mol. The monoisotopic (exact) mass is 794 g/mol. The van der Waals surface area contributed by atoms with Crippen molar-refractivity contribution in [3.8, 4) is 28.6 Å². The molecule has 0 amide bonds. The van der Waals surface area contributed by atoms with Gasteiger partial charge in [0.1, 0.15) is 22.3 Å². The van der Waals surface area contributed by atoms with Crippen molar-refractivity contribution in [2.45, 2.75) is 12.8 Å². The zero-order valence-corrected chi connectivity index (χ0v) is 33.3. The molecular formula is C56H34N4O2. The largest absolute Gasteiger partial charge is 0.456 e. The second-order valence-corrected chi connectivity index (χ2v) is 16.2. The number of aryl methyl sites for hydroxylation is 2. The fourth-order valence-corrected chi connectivity index (χ4v) is 9.86. The van der Waals surface area contributed by atoms with Gasteiger partial charge in [-0.3, -0.25) is 4.98 Å². The van der Waals surface area contributed by atoms with Gasteiger partial charge >= 0.3 is 0 Å². The molecule has 0 aliphatic carbocycles. The topological polar surface area (TPSA) is 72.8 Å². The fraction of sp³-hybridized carbons (Fsp3) is 0.0357. The third-order valence-electron chi connectivity index (χ3n) is 12.7. The maximum atomic E-state index is 9.63. The quantitative estimate of drug-likeness (QED) is 0.168. The Bertz CT molecular complexity index is 4010. The maximum Gasteiger partial charge on any atom is 0.157 e. The smallest absolute Gasteiger partial charge is 0.157 e. The molecule has 0 saturated carbocycles. The molecule has 13 aromatic rings. The molecule has 0 N–H and O–H groups in total. The molecule has 0 bridgehead atoms. The Morgan fingerprint density at radius 2 is 1.03 bits per heavy atom. The second-order valence-electron chi connectivity index (χ2n) is 16.2. The summed E-state index contributed by atoms with van der Waals surface area (Å²) in [6, 6.07) is 64.1. The molecule has 6 heteroatoms. The first-order valence-electron chi connectivity index (χ1n) is 21.0. The Labute approximate surface area is 354 Å². The van der Waals surface area contributed by atoms with Gasteiger partial charge < -0.3 is 18.0 Å². The summed E-state index contributed by atoms with van der Waals surface area (Å²) in [5.74, 6) is 0. The summed E-state index contributed by atoms with van der Waals surface area (Å²) in [5.41, 5.74) is 16.2. The highest BCUT2D eigenvalue weighted by molar-refractivity contribution is 6.13. The van der Waals surface area contributed by atoms with Gasteiger partial charge in [0, 0.05) is 55.3 Å². The summed E-state index contributed by atoms with van der Waals surface area (Å²) in [5, 5.41) is 17.5. The summed E-state index contributed by atoms with van der Waals surface area (Å²) >= 11 is 0. The van der Waals surface area contributed by atoms with Crippen LogP contribution >= 0.6 is 0 Å². The number of nitrogens with zero attached hydrogens (tertiary/aromatic N) is 4. The molecule has 0 unspecified atom stereocenters. The van der Waals surface area contributed by atoms with Gasteiger partial charge in [0.25, 0.3) is 0 Å². The number of fused-ring (bicyclic) bond motifs is 12. The minimum atomic E-state index is 0.646. The van der Waals surface area contributed by atoms with Crippen molar-refractivity contribution in [3.63, 3.8) is 0 Å². The van der Waals surface area contributed by atoms with Gasteiger partial charge in [-0.25, -0.2) is 0 Å². The first-order valence-corrected chi connectivity index (χ1v) is 21.0. The SMILES string of the molecule is N#Cc1ccc2c(c1)c1ccccc1n2-c1ccc2oc3c(CCc4cccc5c4oc4ccc(-c6ccc7c(c6)c6ccccc6n7-c6ccccc6)cc45)ccnc3c2c1. The third-order valence-corrected chi connectivity index (χ3v) is 12.7. The zero-order chi connectivity index (χ0) is 40.9. The predicted octanol–water partition coefficient (Wildman–Crippen LogP) is 14.4. The lowest BCUT2D eigenvalue weighted by molar-refractivity contribution is 0.655. The van der Waals surface area contributed by atoms with Crippen LogP contribution < -0.4 is 0 Å². The van der Waals surface area contributed by atoms with E-state index >= 15 is 0 Å². The van der Waals surface area contributed by atoms with Crippen molar-refractivity contribution in [2.24, 2.45) is 0 Å². The second kappa shape index (κ2) is 13.3. The molecule has 5 heterocycles. The molecule has 13 rings (SSSR count). The molecule has 0 spiro atoms. The van der Waals surface area contributed by atoms with Crippen molar-refractivity contribution >= 4 is 87.6 Å². The van der Waals surface area contributed by atoms with E-state index in [-0.39, 0.29) is 0 Å². The minimum absolute atomic E-state index is 0.646. The Morgan fingerprint density at radius 3 is 1.82 bits per heavy atom. The Balaban J connectivity index is 0.845. The highest BCUT2D eigenvalue weighted by atomic mass is 16.3. The first kappa shape index (κ1) is 34.5. The van der Waals surface area contributed by atoms with Crippen LogP contribution in [0.5, 0.6) is 0 Å². The number of nitriles is 1. The highest BCUT2D eigenvalue weighted by Crippen LogP contribution is 2.40. The molecule has 62 heavy (non-hydrogen) atoms. The standard InChI is InChI=1S/C56H34N4O2/c57-33-34-17-23-50-44(29-34)41-12-4-7-16-49(41)60(50)40-22-26-53-47(32-40)54-56(62-53)36(27-28-58-54)19-18-35-9-8-14-43-46-31-38(21-25-52(46)61-55(35)43)37-20-24-51-45(30-37)42-13-5-6-15-48(42)59(51)39-10-2-1-3-11-39/h1-17,20-32H,18-19H2. The molecule has 0 fully saturated rings. The van der Waals surface area contributed by atoms with Crippen molar-refractivity contribution in [1.82, 2.24) is 14.1 Å². The molecule has 6 nitrogen and oxygen atoms in total. The average Bonchev–Trinajstić information content (AvgIpc) is 4.08. The lowest BCUT2D eigenvalue weighted by atomic mass is 9.99. The maximum absolute atomic E-state index is 9.63. The zero-order valence-electron chi connectivity index (χ0n) is 33.3. The molecule has 0 saturated heterocycles. The molecule has 0 atom stereocenters. The van der Waals surface area contributed by atoms with Gasteiger partial charge in [0.15, 0.2) is 5.58 Å². The van der Waals surface area contributed by atoms with Gasteiger partial charge in [-0.15, -0.1) is 0 Å². The van der Waals surface area contributed by atoms with E-state index in [1.165, 1.54) is 27.4 Å². The number of para-hydroxylation sites is 4. The lowest BCUT2D eigenvalue weighted by Crippen LogP contribution is -1.94. The molecule has 290 valence electrons. The van der Waals surface area contributed by atoms with Crippen LogP contribution in [-0.4, -0.2) is 14.1 Å². The van der Waals surface area contributed by atoms with Crippen LogP contribution in [0.1, 0.15) is 16.7 Å². The van der Waals surface area contributed by atoms with E-state index in [1.54, 1.807) is 0 Å². The van der Waals surface area contributed by atoms with Crippen LogP contribution in [0.4, 0.5) is 0 Å². The third kappa shape index (κ3) is 5.12. The number of benzene rings is 8. The van der Waals surface area contributed by atoms with E-state index in [4.69, 9.17) is 13.8 Å². The molecule has 0 aliphatic rings. The summed E-state index contributed by atoms with van der Waals surface area (Å²) < 4.78 is 17.8. The van der Waals surface area contributed by atoms with Crippen LogP contribution in [0.15, 0.2) is 191 Å². The molecule has 0 aliphatic heterocycles.